The van der Waals surface area contributed by atoms with Gasteiger partial charge in [-0.3, -0.25) is 9.59 Å². The Morgan fingerprint density at radius 3 is 2.67 bits per heavy atom. The number of aromatic nitrogens is 4. The minimum Gasteiger partial charge on any atom is -0.325 e. The molecule has 0 bridgehead atoms. The molecule has 138 valence electrons. The van der Waals surface area contributed by atoms with Crippen molar-refractivity contribution in [3.63, 3.8) is 0 Å². The predicted molar refractivity (Wildman–Crippen MR) is 104 cm³/mol. The number of carbonyl (C=O) groups is 2. The second-order valence-corrected chi connectivity index (χ2v) is 7.35. The number of aryl methyl sites for hydroxylation is 1. The zero-order valence-corrected chi connectivity index (χ0v) is 16.0. The second kappa shape index (κ2) is 8.13. The molecule has 1 heterocycles. The zero-order chi connectivity index (χ0) is 19.4. The van der Waals surface area contributed by atoms with E-state index in [0.717, 1.165) is 11.3 Å². The van der Waals surface area contributed by atoms with Gasteiger partial charge < -0.3 is 5.32 Å². The first-order chi connectivity index (χ1) is 13.0. The number of thioether (sulfide) groups is 1. The van der Waals surface area contributed by atoms with E-state index in [4.69, 9.17) is 0 Å². The summed E-state index contributed by atoms with van der Waals surface area (Å²) in [6, 6.07) is 14.6. The van der Waals surface area contributed by atoms with Gasteiger partial charge in [-0.05, 0) is 55.0 Å². The van der Waals surface area contributed by atoms with Gasteiger partial charge in [0.25, 0.3) is 0 Å². The quantitative estimate of drug-likeness (QED) is 0.520. The smallest absolute Gasteiger partial charge is 0.237 e. The molecule has 0 unspecified atom stereocenters. The van der Waals surface area contributed by atoms with Gasteiger partial charge in [0.05, 0.1) is 10.9 Å². The van der Waals surface area contributed by atoms with Crippen molar-refractivity contribution in [1.29, 1.82) is 0 Å². The molecule has 27 heavy (non-hydrogen) atoms. The monoisotopic (exact) mass is 381 g/mol. The minimum atomic E-state index is -0.431. The second-order valence-electron chi connectivity index (χ2n) is 6.05. The summed E-state index contributed by atoms with van der Waals surface area (Å²) in [6.45, 7) is 5.25. The third-order valence-electron chi connectivity index (χ3n) is 3.97. The fraction of sp³-hybridized carbons (Fsp3) is 0.211. The first-order valence-corrected chi connectivity index (χ1v) is 9.26. The number of amides is 1. The summed E-state index contributed by atoms with van der Waals surface area (Å²) in [5, 5.41) is 14.8. The number of hydrogen-bond donors (Lipinski definition) is 1. The summed E-state index contributed by atoms with van der Waals surface area (Å²) in [5.41, 5.74) is 3.03. The number of anilines is 1. The Bertz CT molecular complexity index is 985. The first kappa shape index (κ1) is 18.8. The normalized spacial score (nSPS) is 11.8. The molecule has 1 atom stereocenters. The van der Waals surface area contributed by atoms with Crippen molar-refractivity contribution in [2.75, 3.05) is 5.32 Å². The Hall–Kier alpha value is -3.00. The van der Waals surface area contributed by atoms with Crippen LogP contribution in [0.25, 0.3) is 5.69 Å². The SMILES string of the molecule is CC(=O)c1cccc(NC(=O)[C@H](C)Sc2nnnn2-c2ccccc2C)c1. The third kappa shape index (κ3) is 4.40. The highest BCUT2D eigenvalue weighted by Crippen LogP contribution is 2.25. The molecule has 0 aliphatic heterocycles. The van der Waals surface area contributed by atoms with E-state index >= 15 is 0 Å². The van der Waals surface area contributed by atoms with Gasteiger partial charge in [-0.2, -0.15) is 4.68 Å². The van der Waals surface area contributed by atoms with Crippen molar-refractivity contribution in [2.24, 2.45) is 0 Å². The summed E-state index contributed by atoms with van der Waals surface area (Å²) in [4.78, 5) is 24.0. The van der Waals surface area contributed by atoms with Crippen molar-refractivity contribution < 1.29 is 9.59 Å². The van der Waals surface area contributed by atoms with E-state index in [1.807, 2.05) is 31.2 Å². The number of para-hydroxylation sites is 1. The summed E-state index contributed by atoms with van der Waals surface area (Å²) in [7, 11) is 0. The van der Waals surface area contributed by atoms with Crippen LogP contribution in [-0.4, -0.2) is 37.1 Å². The van der Waals surface area contributed by atoms with E-state index in [1.54, 1.807) is 35.9 Å². The van der Waals surface area contributed by atoms with Crippen LogP contribution in [0.5, 0.6) is 0 Å². The Morgan fingerprint density at radius 1 is 1.15 bits per heavy atom. The van der Waals surface area contributed by atoms with Gasteiger partial charge in [0.2, 0.25) is 11.1 Å². The van der Waals surface area contributed by atoms with Crippen LogP contribution in [0.15, 0.2) is 53.7 Å². The highest BCUT2D eigenvalue weighted by atomic mass is 32.2. The number of carbonyl (C=O) groups excluding carboxylic acids is 2. The maximum Gasteiger partial charge on any atom is 0.237 e. The standard InChI is InChI=1S/C19H19N5O2S/c1-12-7-4-5-10-17(12)24-19(21-22-23-24)27-14(3)18(26)20-16-9-6-8-15(11-16)13(2)25/h4-11,14H,1-3H3,(H,20,26)/t14-/m0/s1. The molecular formula is C19H19N5O2S. The van der Waals surface area contributed by atoms with Crippen molar-refractivity contribution >= 4 is 29.1 Å². The van der Waals surface area contributed by atoms with Crippen LogP contribution in [0.2, 0.25) is 0 Å². The molecule has 1 N–H and O–H groups in total. The molecule has 0 saturated carbocycles. The molecule has 0 spiro atoms. The average Bonchev–Trinajstić information content (AvgIpc) is 3.10. The summed E-state index contributed by atoms with van der Waals surface area (Å²) in [6.07, 6.45) is 0. The van der Waals surface area contributed by atoms with Crippen LogP contribution >= 0.6 is 11.8 Å². The Morgan fingerprint density at radius 2 is 1.93 bits per heavy atom. The van der Waals surface area contributed by atoms with Crippen LogP contribution < -0.4 is 5.32 Å². The Balaban J connectivity index is 1.73. The number of hydrogen-bond acceptors (Lipinski definition) is 6. The van der Waals surface area contributed by atoms with Crippen LogP contribution in [-0.2, 0) is 4.79 Å². The summed E-state index contributed by atoms with van der Waals surface area (Å²) < 4.78 is 1.63. The topological polar surface area (TPSA) is 89.8 Å². The molecule has 0 saturated heterocycles. The summed E-state index contributed by atoms with van der Waals surface area (Å²) in [5.74, 6) is -0.244. The molecule has 1 amide bonds. The molecule has 0 aliphatic carbocycles. The van der Waals surface area contributed by atoms with Crippen molar-refractivity contribution in [3.05, 3.63) is 59.7 Å². The van der Waals surface area contributed by atoms with Gasteiger partial charge in [-0.1, -0.05) is 42.1 Å². The van der Waals surface area contributed by atoms with Crippen LogP contribution in [0.1, 0.15) is 29.8 Å². The van der Waals surface area contributed by atoms with Crippen LogP contribution in [0.4, 0.5) is 5.69 Å². The van der Waals surface area contributed by atoms with Crippen LogP contribution in [0, 0.1) is 6.92 Å². The predicted octanol–water partition coefficient (Wildman–Crippen LogP) is 3.29. The number of ketones is 1. The molecule has 0 radical (unpaired) electrons. The van der Waals surface area contributed by atoms with E-state index in [2.05, 4.69) is 20.8 Å². The lowest BCUT2D eigenvalue weighted by atomic mass is 10.1. The number of rotatable bonds is 6. The van der Waals surface area contributed by atoms with Crippen molar-refractivity contribution in [1.82, 2.24) is 20.2 Å². The molecule has 3 rings (SSSR count). The lowest BCUT2D eigenvalue weighted by molar-refractivity contribution is -0.115. The molecule has 3 aromatic rings. The van der Waals surface area contributed by atoms with Gasteiger partial charge >= 0.3 is 0 Å². The first-order valence-electron chi connectivity index (χ1n) is 8.38. The zero-order valence-electron chi connectivity index (χ0n) is 15.2. The summed E-state index contributed by atoms with van der Waals surface area (Å²) >= 11 is 1.27. The highest BCUT2D eigenvalue weighted by molar-refractivity contribution is 8.00. The molecular weight excluding hydrogens is 362 g/mol. The fourth-order valence-corrected chi connectivity index (χ4v) is 3.28. The maximum atomic E-state index is 12.5. The van der Waals surface area contributed by atoms with E-state index in [1.165, 1.54) is 18.7 Å². The maximum absolute atomic E-state index is 12.5. The lowest BCUT2D eigenvalue weighted by Crippen LogP contribution is -2.23. The molecule has 2 aromatic carbocycles. The Kier molecular flexibility index (Phi) is 5.66. The van der Waals surface area contributed by atoms with Gasteiger partial charge in [-0.15, -0.1) is 5.10 Å². The molecule has 0 fully saturated rings. The Labute approximate surface area is 161 Å². The van der Waals surface area contributed by atoms with Crippen LogP contribution in [0.3, 0.4) is 0 Å². The van der Waals surface area contributed by atoms with Gasteiger partial charge in [0.1, 0.15) is 0 Å². The van der Waals surface area contributed by atoms with E-state index in [9.17, 15) is 9.59 Å². The number of Topliss-reactive ketones (excluding diaryl/α,β-unsaturated/α-hetero) is 1. The van der Waals surface area contributed by atoms with Gasteiger partial charge in [0.15, 0.2) is 5.78 Å². The van der Waals surface area contributed by atoms with Gasteiger partial charge in [0, 0.05) is 11.3 Å². The van der Waals surface area contributed by atoms with E-state index in [-0.39, 0.29) is 11.7 Å². The number of benzene rings is 2. The third-order valence-corrected chi connectivity index (χ3v) is 5.01. The molecule has 7 nitrogen and oxygen atoms in total. The molecule has 1 aromatic heterocycles. The largest absolute Gasteiger partial charge is 0.325 e. The average molecular weight is 381 g/mol. The van der Waals surface area contributed by atoms with Crippen molar-refractivity contribution in [2.45, 2.75) is 31.2 Å². The van der Waals surface area contributed by atoms with Crippen molar-refractivity contribution in [3.8, 4) is 5.69 Å². The number of tetrazole rings is 1. The molecule has 0 aliphatic rings. The molecule has 8 heteroatoms. The minimum absolute atomic E-state index is 0.0501. The lowest BCUT2D eigenvalue weighted by Gasteiger charge is -2.13. The van der Waals surface area contributed by atoms with E-state index < -0.39 is 5.25 Å². The number of nitrogens with zero attached hydrogens (tertiary/aromatic N) is 4. The fourth-order valence-electron chi connectivity index (χ4n) is 2.48. The van der Waals surface area contributed by atoms with E-state index in [0.29, 0.717) is 16.4 Å². The van der Waals surface area contributed by atoms with Gasteiger partial charge in [-0.25, -0.2) is 0 Å². The highest BCUT2D eigenvalue weighted by Gasteiger charge is 2.20. The number of nitrogens with one attached hydrogen (secondary N) is 1.